The zero-order valence-corrected chi connectivity index (χ0v) is 19.1. The van der Waals surface area contributed by atoms with Gasteiger partial charge in [0.15, 0.2) is 0 Å². The number of hydrogen-bond acceptors (Lipinski definition) is 9. The summed E-state index contributed by atoms with van der Waals surface area (Å²) in [5.74, 6) is 5.23. The van der Waals surface area contributed by atoms with Crippen LogP contribution in [0.4, 0.5) is 0 Å². The number of nitriles is 1. The van der Waals surface area contributed by atoms with Crippen LogP contribution >= 0.6 is 0 Å². The third-order valence-corrected chi connectivity index (χ3v) is 6.68. The topological polar surface area (TPSA) is 172 Å². The van der Waals surface area contributed by atoms with Crippen molar-refractivity contribution in [2.75, 3.05) is 27.2 Å². The number of hydrazine groups is 1. The molecule has 0 saturated heterocycles. The van der Waals surface area contributed by atoms with Crippen LogP contribution in [0.3, 0.4) is 0 Å². The number of aromatic nitrogens is 2. The summed E-state index contributed by atoms with van der Waals surface area (Å²) in [6, 6.07) is 3.89. The van der Waals surface area contributed by atoms with E-state index in [1.165, 1.54) is 6.08 Å². The van der Waals surface area contributed by atoms with Crippen LogP contribution in [0.5, 0.6) is 0 Å². The van der Waals surface area contributed by atoms with Gasteiger partial charge in [-0.3, -0.25) is 16.0 Å². The van der Waals surface area contributed by atoms with Crippen LogP contribution in [0.1, 0.15) is 18.1 Å². The summed E-state index contributed by atoms with van der Waals surface area (Å²) in [5, 5.41) is 28.5. The Hall–Kier alpha value is -3.57. The summed E-state index contributed by atoms with van der Waals surface area (Å²) in [6.07, 6.45) is 5.78. The lowest BCUT2D eigenvalue weighted by Crippen LogP contribution is -2.38. The van der Waals surface area contributed by atoms with E-state index in [0.717, 1.165) is 6.08 Å². The molecule has 0 aromatic carbocycles. The number of nitro groups is 1. The molecule has 12 nitrogen and oxygen atoms in total. The lowest BCUT2D eigenvalue weighted by atomic mass is 9.92. The Labute approximate surface area is 190 Å². The van der Waals surface area contributed by atoms with Crippen molar-refractivity contribution in [3.63, 3.8) is 0 Å². The van der Waals surface area contributed by atoms with Gasteiger partial charge in [0, 0.05) is 48.5 Å². The Morgan fingerprint density at radius 2 is 2.21 bits per heavy atom. The van der Waals surface area contributed by atoms with Crippen LogP contribution in [0.25, 0.3) is 11.1 Å². The second-order valence-corrected chi connectivity index (χ2v) is 9.12. The zero-order valence-electron chi connectivity index (χ0n) is 18.3. The Kier molecular flexibility index (Phi) is 6.94. The largest absolute Gasteiger partial charge is 0.372 e. The first-order valence-electron chi connectivity index (χ1n) is 9.88. The highest BCUT2D eigenvalue weighted by Gasteiger charge is 2.36. The van der Waals surface area contributed by atoms with Crippen molar-refractivity contribution in [2.24, 2.45) is 5.84 Å². The molecule has 2 aromatic rings. The molecular weight excluding hydrogens is 448 g/mol. The number of nitrogens with two attached hydrogens (primary N) is 1. The standard InChI is InChI=1S/C20H24N8O4S/c1-13(16-12-24-27-6-4-14(11-21)8-17(16)27)15-9-19(26(3)7-5-23-2)20(33(31,32)25-22)10-18(15)28(29)30/h4,6,8-10,12,18,23,25H,5,7,22H2,1-3H3. The van der Waals surface area contributed by atoms with Crippen LogP contribution in [-0.4, -0.2) is 61.1 Å². The van der Waals surface area contributed by atoms with Crippen molar-refractivity contribution in [3.8, 4) is 6.07 Å². The molecule has 13 heteroatoms. The number of fused-ring (bicyclic) bond motifs is 1. The quantitative estimate of drug-likeness (QED) is 0.278. The van der Waals surface area contributed by atoms with E-state index < -0.39 is 21.0 Å². The van der Waals surface area contributed by atoms with Crippen LogP contribution < -0.4 is 16.0 Å². The van der Waals surface area contributed by atoms with Crippen molar-refractivity contribution in [1.29, 1.82) is 5.26 Å². The Bertz CT molecular complexity index is 1330. The van der Waals surface area contributed by atoms with Gasteiger partial charge < -0.3 is 10.2 Å². The minimum Gasteiger partial charge on any atom is -0.372 e. The number of rotatable bonds is 8. The van der Waals surface area contributed by atoms with E-state index in [-0.39, 0.29) is 10.6 Å². The molecular formula is C20H24N8O4S. The van der Waals surface area contributed by atoms with Gasteiger partial charge in [0.2, 0.25) is 0 Å². The molecule has 1 atom stereocenters. The SMILES string of the molecule is CNCCN(C)C1=CC(=C(C)c2cnn3ccc(C#N)cc23)C([N+](=O)[O-])C=C1S(=O)(=O)NN. The van der Waals surface area contributed by atoms with Crippen molar-refractivity contribution in [3.05, 3.63) is 74.1 Å². The zero-order chi connectivity index (χ0) is 24.3. The fourth-order valence-corrected chi connectivity index (χ4v) is 4.54. The van der Waals surface area contributed by atoms with Crippen LogP contribution in [0.15, 0.2) is 52.9 Å². The average Bonchev–Trinajstić information content (AvgIpc) is 3.24. The maximum atomic E-state index is 12.6. The molecule has 0 aliphatic heterocycles. The normalized spacial score (nSPS) is 17.8. The fourth-order valence-electron chi connectivity index (χ4n) is 3.61. The van der Waals surface area contributed by atoms with Gasteiger partial charge in [0.25, 0.3) is 16.1 Å². The summed E-state index contributed by atoms with van der Waals surface area (Å²) in [7, 11) is -0.722. The van der Waals surface area contributed by atoms with Crippen molar-refractivity contribution in [2.45, 2.75) is 13.0 Å². The Balaban J connectivity index is 2.26. The van der Waals surface area contributed by atoms with Crippen molar-refractivity contribution >= 4 is 21.1 Å². The molecule has 174 valence electrons. The number of allylic oxidation sites excluding steroid dienone is 1. The van der Waals surface area contributed by atoms with E-state index in [0.29, 0.717) is 40.9 Å². The minimum atomic E-state index is -4.17. The highest BCUT2D eigenvalue weighted by molar-refractivity contribution is 7.93. The number of sulfonamides is 1. The van der Waals surface area contributed by atoms with Crippen LogP contribution in [-0.2, 0) is 10.0 Å². The Morgan fingerprint density at radius 3 is 2.82 bits per heavy atom. The monoisotopic (exact) mass is 472 g/mol. The van der Waals surface area contributed by atoms with Crippen LogP contribution in [0, 0.1) is 21.4 Å². The molecule has 4 N–H and O–H groups in total. The lowest BCUT2D eigenvalue weighted by Gasteiger charge is -2.28. The van der Waals surface area contributed by atoms with Gasteiger partial charge in [-0.1, -0.05) is 0 Å². The summed E-state index contributed by atoms with van der Waals surface area (Å²) in [5.41, 5.74) is 2.73. The van der Waals surface area contributed by atoms with E-state index in [1.54, 1.807) is 59.8 Å². The van der Waals surface area contributed by atoms with E-state index in [2.05, 4.69) is 16.5 Å². The average molecular weight is 473 g/mol. The molecule has 3 rings (SSSR count). The molecule has 1 aliphatic rings. The minimum absolute atomic E-state index is 0.268. The van der Waals surface area contributed by atoms with Gasteiger partial charge in [-0.25, -0.2) is 12.9 Å². The van der Waals surface area contributed by atoms with Gasteiger partial charge >= 0.3 is 0 Å². The second kappa shape index (κ2) is 9.51. The van der Waals surface area contributed by atoms with Crippen LogP contribution in [0.2, 0.25) is 0 Å². The molecule has 1 aliphatic carbocycles. The van der Waals surface area contributed by atoms with E-state index in [1.807, 2.05) is 0 Å². The Morgan fingerprint density at radius 1 is 1.48 bits per heavy atom. The number of nitrogens with zero attached hydrogens (tertiary/aromatic N) is 5. The molecule has 0 saturated carbocycles. The number of pyridine rings is 1. The summed E-state index contributed by atoms with van der Waals surface area (Å²) in [6.45, 7) is 2.70. The number of likely N-dealkylation sites (N-methyl/N-ethyl adjacent to an activating group) is 2. The highest BCUT2D eigenvalue weighted by Crippen LogP contribution is 2.34. The number of nitrogens with one attached hydrogen (secondary N) is 2. The van der Waals surface area contributed by atoms with Gasteiger partial charge in [-0.05, 0) is 37.8 Å². The van der Waals surface area contributed by atoms with Gasteiger partial charge in [-0.15, -0.1) is 4.83 Å². The van der Waals surface area contributed by atoms with Crippen molar-refractivity contribution < 1.29 is 13.3 Å². The fraction of sp³-hybridized carbons (Fsp3) is 0.300. The first-order chi connectivity index (χ1) is 15.6. The maximum absolute atomic E-state index is 12.6. The molecule has 1 unspecified atom stereocenters. The molecule has 0 spiro atoms. The molecule has 0 radical (unpaired) electrons. The van der Waals surface area contributed by atoms with E-state index >= 15 is 0 Å². The van der Waals surface area contributed by atoms with Gasteiger partial charge in [0.1, 0.15) is 4.91 Å². The smallest absolute Gasteiger partial charge is 0.258 e. The first kappa shape index (κ1) is 24.1. The molecule has 0 bridgehead atoms. The second-order valence-electron chi connectivity index (χ2n) is 7.43. The summed E-state index contributed by atoms with van der Waals surface area (Å²) >= 11 is 0. The highest BCUT2D eigenvalue weighted by atomic mass is 32.2. The number of hydrogen-bond donors (Lipinski definition) is 3. The predicted molar refractivity (Wildman–Crippen MR) is 122 cm³/mol. The lowest BCUT2D eigenvalue weighted by molar-refractivity contribution is -0.498. The molecule has 33 heavy (non-hydrogen) atoms. The van der Waals surface area contributed by atoms with Gasteiger partial charge in [0.05, 0.1) is 29.0 Å². The molecule has 2 aromatic heterocycles. The first-order valence-corrected chi connectivity index (χ1v) is 11.4. The third-order valence-electron chi connectivity index (χ3n) is 5.44. The maximum Gasteiger partial charge on any atom is 0.258 e. The summed E-state index contributed by atoms with van der Waals surface area (Å²) in [4.78, 5) is 14.6. The van der Waals surface area contributed by atoms with E-state index in [4.69, 9.17) is 5.84 Å². The molecule has 0 fully saturated rings. The predicted octanol–water partition coefficient (Wildman–Crippen LogP) is 0.350. The van der Waals surface area contributed by atoms with E-state index in [9.17, 15) is 23.8 Å². The molecule has 0 amide bonds. The van der Waals surface area contributed by atoms with Gasteiger partial charge in [-0.2, -0.15) is 10.4 Å². The summed E-state index contributed by atoms with van der Waals surface area (Å²) < 4.78 is 26.8. The molecule has 2 heterocycles. The third kappa shape index (κ3) is 4.64. The van der Waals surface area contributed by atoms with Crippen molar-refractivity contribution in [1.82, 2.24) is 24.7 Å².